The van der Waals surface area contributed by atoms with Crippen molar-refractivity contribution in [1.29, 1.82) is 0 Å². The average Bonchev–Trinajstić information content (AvgIpc) is 3.68. The van der Waals surface area contributed by atoms with Crippen LogP contribution >= 0.6 is 0 Å². The summed E-state index contributed by atoms with van der Waals surface area (Å²) < 4.78 is 37.7. The number of amides is 1. The normalized spacial score (nSPS) is 38.0. The number of carbonyl (C=O) groups excluding carboxylic acids is 2. The highest BCUT2D eigenvalue weighted by Gasteiger charge is 2.81. The van der Waals surface area contributed by atoms with E-state index in [1.165, 1.54) is 0 Å². The first-order valence-corrected chi connectivity index (χ1v) is 14.7. The highest BCUT2D eigenvalue weighted by molar-refractivity contribution is 6.15. The minimum absolute atomic E-state index is 0.155. The molecule has 10 heteroatoms. The molecule has 2 spiro atoms. The van der Waals surface area contributed by atoms with Crippen LogP contribution in [0.1, 0.15) is 40.2 Å². The van der Waals surface area contributed by atoms with Gasteiger partial charge in [0.2, 0.25) is 0 Å². The van der Waals surface area contributed by atoms with Gasteiger partial charge in [-0.15, -0.1) is 0 Å². The Hall–Kier alpha value is -2.86. The van der Waals surface area contributed by atoms with Crippen LogP contribution in [-0.2, 0) is 43.5 Å². The van der Waals surface area contributed by atoms with E-state index in [4.69, 9.17) is 28.4 Å². The number of anilines is 2. The Morgan fingerprint density at radius 2 is 1.67 bits per heavy atom. The number of fused-ring (bicyclic) bond motifs is 4. The number of likely N-dealkylation sites (N-methyl/N-ethyl adjacent to an activating group) is 1. The lowest BCUT2D eigenvalue weighted by Crippen LogP contribution is -2.59. The molecule has 2 aromatic rings. The Morgan fingerprint density at radius 1 is 0.952 bits per heavy atom. The first-order valence-electron chi connectivity index (χ1n) is 14.7. The number of nitrogens with zero attached hydrogens (tertiary/aromatic N) is 2. The Kier molecular flexibility index (Phi) is 6.20. The van der Waals surface area contributed by atoms with Crippen molar-refractivity contribution in [3.63, 3.8) is 0 Å². The fourth-order valence-corrected chi connectivity index (χ4v) is 8.15. The maximum Gasteiger partial charge on any atom is 0.312 e. The van der Waals surface area contributed by atoms with E-state index in [2.05, 4.69) is 0 Å². The number of esters is 1. The van der Waals surface area contributed by atoms with Crippen LogP contribution in [0.15, 0.2) is 54.6 Å². The minimum Gasteiger partial charge on any atom is -0.466 e. The lowest BCUT2D eigenvalue weighted by Gasteiger charge is -2.42. The van der Waals surface area contributed by atoms with E-state index in [0.717, 1.165) is 16.9 Å². The van der Waals surface area contributed by atoms with Crippen LogP contribution in [0.4, 0.5) is 11.4 Å². The van der Waals surface area contributed by atoms with E-state index >= 15 is 4.79 Å². The zero-order valence-corrected chi connectivity index (χ0v) is 24.9. The quantitative estimate of drug-likeness (QED) is 0.504. The first-order chi connectivity index (χ1) is 20.0. The number of likely N-dealkylation sites (tertiary alicyclic amines) is 1. The molecule has 0 radical (unpaired) electrons. The third-order valence-corrected chi connectivity index (χ3v) is 9.46. The van der Waals surface area contributed by atoms with Gasteiger partial charge in [-0.1, -0.05) is 36.4 Å². The molecule has 0 aliphatic carbocycles. The predicted molar refractivity (Wildman–Crippen MR) is 150 cm³/mol. The van der Waals surface area contributed by atoms with Crippen LogP contribution in [0.2, 0.25) is 0 Å². The van der Waals surface area contributed by atoms with Gasteiger partial charge in [-0.25, -0.2) is 0 Å². The lowest BCUT2D eigenvalue weighted by atomic mass is 9.62. The van der Waals surface area contributed by atoms with Gasteiger partial charge in [-0.2, -0.15) is 0 Å². The molecule has 42 heavy (non-hydrogen) atoms. The fourth-order valence-electron chi connectivity index (χ4n) is 8.15. The maximum absolute atomic E-state index is 15.1. The molecule has 4 saturated heterocycles. The van der Waals surface area contributed by atoms with Crippen molar-refractivity contribution >= 4 is 23.3 Å². The molecule has 0 unspecified atom stereocenters. The summed E-state index contributed by atoms with van der Waals surface area (Å²) in [6.07, 6.45) is -2.66. The summed E-state index contributed by atoms with van der Waals surface area (Å²) in [6.45, 7) is 9.85. The van der Waals surface area contributed by atoms with Crippen molar-refractivity contribution in [3.05, 3.63) is 60.2 Å². The molecule has 2 aromatic carbocycles. The highest BCUT2D eigenvalue weighted by Crippen LogP contribution is 2.66. The molecule has 5 heterocycles. The van der Waals surface area contributed by atoms with Crippen molar-refractivity contribution in [3.8, 4) is 0 Å². The van der Waals surface area contributed by atoms with Crippen molar-refractivity contribution < 1.29 is 38.0 Å². The van der Waals surface area contributed by atoms with E-state index in [1.807, 2.05) is 94.2 Å². The summed E-state index contributed by atoms with van der Waals surface area (Å²) in [5, 5.41) is 0. The molecule has 0 saturated carbocycles. The number of carbonyl (C=O) groups is 2. The van der Waals surface area contributed by atoms with Crippen molar-refractivity contribution in [2.24, 2.45) is 11.3 Å². The van der Waals surface area contributed by atoms with E-state index in [1.54, 1.807) is 11.8 Å². The van der Waals surface area contributed by atoms with Crippen molar-refractivity contribution in [2.75, 3.05) is 31.7 Å². The molecule has 224 valence electrons. The number of hydrogen-bond acceptors (Lipinski definition) is 9. The zero-order valence-electron chi connectivity index (χ0n) is 24.9. The molecule has 10 nitrogen and oxygen atoms in total. The summed E-state index contributed by atoms with van der Waals surface area (Å²) in [5.74, 6) is -3.52. The Morgan fingerprint density at radius 3 is 2.36 bits per heavy atom. The van der Waals surface area contributed by atoms with Gasteiger partial charge >= 0.3 is 5.97 Å². The molecule has 5 aliphatic heterocycles. The van der Waals surface area contributed by atoms with E-state index in [-0.39, 0.29) is 19.1 Å². The molecule has 5 aliphatic rings. The number of para-hydroxylation sites is 2. The van der Waals surface area contributed by atoms with Crippen LogP contribution in [-0.4, -0.2) is 79.8 Å². The molecular formula is C32H38N2O8. The van der Waals surface area contributed by atoms with E-state index < -0.39 is 59.0 Å². The summed E-state index contributed by atoms with van der Waals surface area (Å²) in [4.78, 5) is 33.3. The van der Waals surface area contributed by atoms with Gasteiger partial charge in [0, 0.05) is 17.8 Å². The largest absolute Gasteiger partial charge is 0.466 e. The molecular weight excluding hydrogens is 540 g/mol. The van der Waals surface area contributed by atoms with E-state index in [0.29, 0.717) is 6.54 Å². The molecule has 0 bridgehead atoms. The second-order valence-corrected chi connectivity index (χ2v) is 12.8. The molecule has 7 rings (SSSR count). The van der Waals surface area contributed by atoms with Crippen LogP contribution in [0.3, 0.4) is 0 Å². The summed E-state index contributed by atoms with van der Waals surface area (Å²) >= 11 is 0. The van der Waals surface area contributed by atoms with Crippen LogP contribution in [0, 0.1) is 11.3 Å². The SMILES string of the molecule is CCOC(=O)[C@H]1[C@@]2(CN(C)[C@@]13C(=O)N(c1ccccc1)c1ccccc13)[C@@H]([C@@H]1COC(C)(C)O1)O[C@@H]1OC(C)(C)O[C@@H]12. The molecule has 4 fully saturated rings. The summed E-state index contributed by atoms with van der Waals surface area (Å²) in [5.41, 5.74) is -0.300. The summed E-state index contributed by atoms with van der Waals surface area (Å²) in [6, 6.07) is 17.2. The average molecular weight is 579 g/mol. The Balaban J connectivity index is 1.46. The van der Waals surface area contributed by atoms with Gasteiger partial charge in [0.05, 0.1) is 30.4 Å². The van der Waals surface area contributed by atoms with Crippen LogP contribution in [0.5, 0.6) is 0 Å². The van der Waals surface area contributed by atoms with Gasteiger partial charge in [0.25, 0.3) is 5.91 Å². The standard InChI is InChI=1S/C32H38N2O8/c1-7-37-26(35)23-31(24(22-17-38-29(2,3)40-22)39-27-25(31)41-30(4,5)42-27)18-33(6)32(23)20-15-11-12-16-21(20)34(28(32)36)19-13-9-8-10-14-19/h8-16,22-25,27H,7,17-18H2,1-6H3/t22-,23-,24+,25-,27+,31-,32+/m0/s1. The van der Waals surface area contributed by atoms with Crippen LogP contribution in [0.25, 0.3) is 0 Å². The molecule has 0 N–H and O–H groups in total. The summed E-state index contributed by atoms with van der Waals surface area (Å²) in [7, 11) is 1.89. The Labute approximate surface area is 245 Å². The number of ether oxygens (including phenoxy) is 6. The number of hydrogen-bond donors (Lipinski definition) is 0. The van der Waals surface area contributed by atoms with Gasteiger partial charge < -0.3 is 28.4 Å². The monoisotopic (exact) mass is 578 g/mol. The zero-order chi connectivity index (χ0) is 29.7. The lowest BCUT2D eigenvalue weighted by molar-refractivity contribution is -0.241. The minimum atomic E-state index is -1.40. The maximum atomic E-state index is 15.1. The second-order valence-electron chi connectivity index (χ2n) is 12.8. The van der Waals surface area contributed by atoms with Gasteiger partial charge in [0.1, 0.15) is 23.7 Å². The van der Waals surface area contributed by atoms with Gasteiger partial charge in [-0.05, 0) is 59.9 Å². The first kappa shape index (κ1) is 27.9. The van der Waals surface area contributed by atoms with Gasteiger partial charge in [-0.3, -0.25) is 19.4 Å². The van der Waals surface area contributed by atoms with Crippen molar-refractivity contribution in [2.45, 2.75) is 76.3 Å². The van der Waals surface area contributed by atoms with Gasteiger partial charge in [0.15, 0.2) is 17.9 Å². The smallest absolute Gasteiger partial charge is 0.312 e. The van der Waals surface area contributed by atoms with Crippen molar-refractivity contribution in [1.82, 2.24) is 4.90 Å². The number of benzene rings is 2. The number of rotatable bonds is 4. The Bertz CT molecular complexity index is 1410. The fraction of sp³-hybridized carbons (Fsp3) is 0.562. The predicted octanol–water partition coefficient (Wildman–Crippen LogP) is 3.70. The van der Waals surface area contributed by atoms with E-state index in [9.17, 15) is 4.79 Å². The highest BCUT2D eigenvalue weighted by atomic mass is 16.8. The van der Waals surface area contributed by atoms with Crippen LogP contribution < -0.4 is 4.90 Å². The topological polar surface area (TPSA) is 96.0 Å². The third kappa shape index (κ3) is 3.66. The second kappa shape index (κ2) is 9.32. The third-order valence-electron chi connectivity index (χ3n) is 9.46. The molecule has 7 atom stereocenters. The molecule has 1 amide bonds. The molecule has 0 aromatic heterocycles.